The van der Waals surface area contributed by atoms with Gasteiger partial charge in [0, 0.05) is 11.8 Å². The van der Waals surface area contributed by atoms with E-state index in [0.717, 1.165) is 15.9 Å². The number of pyridine rings is 1. The van der Waals surface area contributed by atoms with E-state index in [-0.39, 0.29) is 11.9 Å². The fourth-order valence-electron chi connectivity index (χ4n) is 1.98. The number of carbonyl (C=O) groups is 1. The summed E-state index contributed by atoms with van der Waals surface area (Å²) >= 11 is 1.53. The van der Waals surface area contributed by atoms with Gasteiger partial charge in [-0.2, -0.15) is 0 Å². The van der Waals surface area contributed by atoms with Crippen molar-refractivity contribution in [1.82, 2.24) is 15.3 Å². The fourth-order valence-corrected chi connectivity index (χ4v) is 2.70. The normalized spacial score (nSPS) is 12.2. The molecule has 1 amide bonds. The summed E-state index contributed by atoms with van der Waals surface area (Å²) in [5.41, 5.74) is 4.19. The molecule has 2 heterocycles. The molecule has 100 valence electrons. The average Bonchev–Trinajstić information content (AvgIpc) is 2.95. The Morgan fingerprint density at radius 2 is 2.15 bits per heavy atom. The highest BCUT2D eigenvalue weighted by Crippen LogP contribution is 2.19. The first-order valence-corrected chi connectivity index (χ1v) is 7.17. The molecule has 4 nitrogen and oxygen atoms in total. The second-order valence-corrected chi connectivity index (χ2v) is 5.37. The molecule has 0 radical (unpaired) electrons. The van der Waals surface area contributed by atoms with Crippen LogP contribution in [0.4, 0.5) is 0 Å². The lowest BCUT2D eigenvalue weighted by Gasteiger charge is -2.13. The van der Waals surface area contributed by atoms with Crippen molar-refractivity contribution in [3.05, 3.63) is 59.4 Å². The van der Waals surface area contributed by atoms with Gasteiger partial charge in [-0.05, 0) is 37.3 Å². The van der Waals surface area contributed by atoms with Crippen LogP contribution in [0.25, 0.3) is 10.2 Å². The number of carbonyl (C=O) groups excluding carboxylic acids is 1. The average molecular weight is 283 g/mol. The van der Waals surface area contributed by atoms with Crippen molar-refractivity contribution in [2.45, 2.75) is 13.0 Å². The molecular formula is C15H13N3OS. The molecule has 20 heavy (non-hydrogen) atoms. The third-order valence-corrected chi connectivity index (χ3v) is 3.86. The summed E-state index contributed by atoms with van der Waals surface area (Å²) in [6.07, 6.45) is 1.72. The molecule has 0 bridgehead atoms. The second-order valence-electron chi connectivity index (χ2n) is 4.48. The molecule has 0 unspecified atom stereocenters. The molecule has 0 spiro atoms. The van der Waals surface area contributed by atoms with Crippen LogP contribution in [-0.2, 0) is 0 Å². The predicted molar refractivity (Wildman–Crippen MR) is 79.7 cm³/mol. The maximum absolute atomic E-state index is 12.2. The zero-order chi connectivity index (χ0) is 13.9. The third kappa shape index (κ3) is 2.53. The summed E-state index contributed by atoms with van der Waals surface area (Å²) in [6.45, 7) is 1.92. The molecule has 0 fully saturated rings. The van der Waals surface area contributed by atoms with Crippen molar-refractivity contribution in [2.24, 2.45) is 0 Å². The van der Waals surface area contributed by atoms with Crippen molar-refractivity contribution >= 4 is 27.5 Å². The topological polar surface area (TPSA) is 54.9 Å². The summed E-state index contributed by atoms with van der Waals surface area (Å²) in [5, 5.41) is 2.95. The van der Waals surface area contributed by atoms with Crippen LogP contribution in [-0.4, -0.2) is 15.9 Å². The highest BCUT2D eigenvalue weighted by atomic mass is 32.1. The van der Waals surface area contributed by atoms with E-state index < -0.39 is 0 Å². The van der Waals surface area contributed by atoms with E-state index in [1.807, 2.05) is 37.3 Å². The van der Waals surface area contributed by atoms with E-state index >= 15 is 0 Å². The number of thiazole rings is 1. The standard InChI is InChI=1S/C15H13N3OS/c1-10(12-4-2-3-7-16-12)18-15(19)11-5-6-13-14(8-11)20-9-17-13/h2-10H,1H3,(H,18,19)/t10-/m1/s1. The lowest BCUT2D eigenvalue weighted by atomic mass is 10.1. The Kier molecular flexibility index (Phi) is 3.43. The van der Waals surface area contributed by atoms with E-state index in [1.165, 1.54) is 11.3 Å². The van der Waals surface area contributed by atoms with E-state index in [2.05, 4.69) is 15.3 Å². The molecule has 1 atom stereocenters. The van der Waals surface area contributed by atoms with Gasteiger partial charge in [0.05, 0.1) is 27.5 Å². The van der Waals surface area contributed by atoms with E-state index in [1.54, 1.807) is 17.8 Å². The highest BCUT2D eigenvalue weighted by Gasteiger charge is 2.12. The highest BCUT2D eigenvalue weighted by molar-refractivity contribution is 7.16. The van der Waals surface area contributed by atoms with Crippen LogP contribution in [0, 0.1) is 0 Å². The van der Waals surface area contributed by atoms with Crippen LogP contribution < -0.4 is 5.32 Å². The van der Waals surface area contributed by atoms with Crippen molar-refractivity contribution in [1.29, 1.82) is 0 Å². The van der Waals surface area contributed by atoms with Gasteiger partial charge >= 0.3 is 0 Å². The minimum absolute atomic E-state index is 0.0987. The fraction of sp³-hybridized carbons (Fsp3) is 0.133. The Morgan fingerprint density at radius 1 is 1.25 bits per heavy atom. The van der Waals surface area contributed by atoms with Gasteiger partial charge in [0.1, 0.15) is 0 Å². The quantitative estimate of drug-likeness (QED) is 0.803. The largest absolute Gasteiger partial charge is 0.344 e. The van der Waals surface area contributed by atoms with Gasteiger partial charge < -0.3 is 5.32 Å². The molecule has 0 aliphatic heterocycles. The molecule has 0 saturated carbocycles. The molecular weight excluding hydrogens is 270 g/mol. The molecule has 1 aromatic carbocycles. The number of aromatic nitrogens is 2. The molecule has 0 aliphatic carbocycles. The SMILES string of the molecule is C[C@@H](NC(=O)c1ccc2ncsc2c1)c1ccccn1. The van der Waals surface area contributed by atoms with Gasteiger partial charge in [-0.15, -0.1) is 11.3 Å². The first-order valence-electron chi connectivity index (χ1n) is 6.29. The maximum Gasteiger partial charge on any atom is 0.251 e. The Morgan fingerprint density at radius 3 is 2.95 bits per heavy atom. The first-order chi connectivity index (χ1) is 9.74. The Bertz CT molecular complexity index is 739. The van der Waals surface area contributed by atoms with Crippen LogP contribution in [0.15, 0.2) is 48.1 Å². The van der Waals surface area contributed by atoms with Gasteiger partial charge in [-0.25, -0.2) is 4.98 Å². The smallest absolute Gasteiger partial charge is 0.251 e. The summed E-state index contributed by atoms with van der Waals surface area (Å²) in [4.78, 5) is 20.7. The van der Waals surface area contributed by atoms with Crippen LogP contribution in [0.2, 0.25) is 0 Å². The van der Waals surface area contributed by atoms with Gasteiger partial charge in [-0.1, -0.05) is 6.07 Å². The van der Waals surface area contributed by atoms with Gasteiger partial charge in [0.25, 0.3) is 5.91 Å². The number of benzene rings is 1. The minimum atomic E-state index is -0.124. The monoisotopic (exact) mass is 283 g/mol. The van der Waals surface area contributed by atoms with E-state index in [0.29, 0.717) is 5.56 Å². The molecule has 2 aromatic heterocycles. The Labute approximate surface area is 120 Å². The first kappa shape index (κ1) is 12.7. The number of amides is 1. The third-order valence-electron chi connectivity index (χ3n) is 3.07. The van der Waals surface area contributed by atoms with E-state index in [4.69, 9.17) is 0 Å². The second kappa shape index (κ2) is 5.38. The molecule has 0 aliphatic rings. The van der Waals surface area contributed by atoms with Crippen LogP contribution >= 0.6 is 11.3 Å². The van der Waals surface area contributed by atoms with Gasteiger partial charge in [-0.3, -0.25) is 9.78 Å². The summed E-state index contributed by atoms with van der Waals surface area (Å²) in [5.74, 6) is -0.0987. The van der Waals surface area contributed by atoms with E-state index in [9.17, 15) is 4.79 Å². The van der Waals surface area contributed by atoms with Crippen LogP contribution in [0.3, 0.4) is 0 Å². The number of fused-ring (bicyclic) bond motifs is 1. The van der Waals surface area contributed by atoms with Gasteiger partial charge in [0.2, 0.25) is 0 Å². The number of nitrogens with one attached hydrogen (secondary N) is 1. The lowest BCUT2D eigenvalue weighted by molar-refractivity contribution is 0.0939. The molecule has 3 aromatic rings. The van der Waals surface area contributed by atoms with Crippen molar-refractivity contribution in [3.63, 3.8) is 0 Å². The minimum Gasteiger partial charge on any atom is -0.344 e. The number of hydrogen-bond acceptors (Lipinski definition) is 4. The van der Waals surface area contributed by atoms with Gasteiger partial charge in [0.15, 0.2) is 0 Å². The van der Waals surface area contributed by atoms with Crippen LogP contribution in [0.5, 0.6) is 0 Å². The zero-order valence-corrected chi connectivity index (χ0v) is 11.7. The van der Waals surface area contributed by atoms with Crippen LogP contribution in [0.1, 0.15) is 29.0 Å². The summed E-state index contributed by atoms with van der Waals surface area (Å²) < 4.78 is 1.02. The molecule has 5 heteroatoms. The van der Waals surface area contributed by atoms with Crippen molar-refractivity contribution < 1.29 is 4.79 Å². The molecule has 1 N–H and O–H groups in total. The lowest BCUT2D eigenvalue weighted by Crippen LogP contribution is -2.27. The zero-order valence-electron chi connectivity index (χ0n) is 10.9. The molecule has 0 saturated heterocycles. The van der Waals surface area contributed by atoms with Crippen molar-refractivity contribution in [2.75, 3.05) is 0 Å². The number of hydrogen-bond donors (Lipinski definition) is 1. The Balaban J connectivity index is 1.78. The number of nitrogens with zero attached hydrogens (tertiary/aromatic N) is 2. The predicted octanol–water partition coefficient (Wildman–Crippen LogP) is 3.18. The Hall–Kier alpha value is -2.27. The van der Waals surface area contributed by atoms with Crippen molar-refractivity contribution in [3.8, 4) is 0 Å². The maximum atomic E-state index is 12.2. The summed E-state index contributed by atoms with van der Waals surface area (Å²) in [6, 6.07) is 11.1. The summed E-state index contributed by atoms with van der Waals surface area (Å²) in [7, 11) is 0. The number of rotatable bonds is 3. The molecule has 3 rings (SSSR count).